The minimum Gasteiger partial charge on any atom is -0.512 e. The molecule has 7 heteroatoms. The largest absolute Gasteiger partial charge is 0.512 e. The van der Waals surface area contributed by atoms with E-state index < -0.39 is 37.3 Å². The lowest BCUT2D eigenvalue weighted by atomic mass is 9.99. The first-order chi connectivity index (χ1) is 7.11. The fraction of sp³-hybridized carbons (Fsp3) is 0.750. The van der Waals surface area contributed by atoms with Crippen molar-refractivity contribution in [2.75, 3.05) is 6.61 Å². The van der Waals surface area contributed by atoms with Gasteiger partial charge in [-0.3, -0.25) is 0 Å². The third-order valence-electron chi connectivity index (χ3n) is 2.14. The van der Waals surface area contributed by atoms with Gasteiger partial charge in [0.25, 0.3) is 0 Å². The van der Waals surface area contributed by atoms with E-state index in [9.17, 15) is 10.2 Å². The summed E-state index contributed by atoms with van der Waals surface area (Å²) < 4.78 is 9.61. The normalized spacial score (nSPS) is 42.0. The molecule has 5 atom stereocenters. The van der Waals surface area contributed by atoms with E-state index in [1.165, 1.54) is 0 Å². The number of aliphatic hydroxyl groups is 5. The first-order valence-electron chi connectivity index (χ1n) is 4.37. The quantitative estimate of drug-likeness (QED) is 0.345. The molecule has 0 aromatic carbocycles. The molecule has 1 aliphatic rings. The van der Waals surface area contributed by atoms with Crippen molar-refractivity contribution in [2.24, 2.45) is 0 Å². The summed E-state index contributed by atoms with van der Waals surface area (Å²) in [7, 11) is 0. The van der Waals surface area contributed by atoms with Gasteiger partial charge in [0.05, 0.1) is 6.61 Å². The van der Waals surface area contributed by atoms with Crippen molar-refractivity contribution in [2.45, 2.75) is 30.7 Å². The van der Waals surface area contributed by atoms with Crippen LogP contribution >= 0.6 is 0 Å². The van der Waals surface area contributed by atoms with Gasteiger partial charge in [-0.05, 0) is 0 Å². The van der Waals surface area contributed by atoms with Gasteiger partial charge in [0.1, 0.15) is 30.8 Å². The van der Waals surface area contributed by atoms with Gasteiger partial charge in [0.15, 0.2) is 12.4 Å². The van der Waals surface area contributed by atoms with E-state index in [-0.39, 0.29) is 0 Å². The standard InChI is InChI=1S/C8H14O7/c9-1-2-14-7-4(3-10)15-8(13)6(12)5(7)11/h1-2,4-13H,3H2/b2-1-/t4?,5?,6-,7+,8-/m0/s1. The summed E-state index contributed by atoms with van der Waals surface area (Å²) in [6, 6.07) is 0. The Hall–Kier alpha value is -0.860. The molecule has 0 aliphatic carbocycles. The van der Waals surface area contributed by atoms with Crippen molar-refractivity contribution in [3.63, 3.8) is 0 Å². The van der Waals surface area contributed by atoms with Crippen LogP contribution in [0.2, 0.25) is 0 Å². The molecule has 0 aromatic rings. The maximum atomic E-state index is 9.49. The highest BCUT2D eigenvalue weighted by atomic mass is 16.6. The Morgan fingerprint density at radius 2 is 1.87 bits per heavy atom. The molecule has 1 heterocycles. The molecule has 1 rings (SSSR count). The molecule has 0 radical (unpaired) electrons. The second-order valence-electron chi connectivity index (χ2n) is 3.11. The van der Waals surface area contributed by atoms with Crippen LogP contribution in [0.25, 0.3) is 0 Å². The molecule has 7 nitrogen and oxygen atoms in total. The lowest BCUT2D eigenvalue weighted by molar-refractivity contribution is -0.287. The van der Waals surface area contributed by atoms with Gasteiger partial charge in [-0.15, -0.1) is 0 Å². The second-order valence-corrected chi connectivity index (χ2v) is 3.11. The highest BCUT2D eigenvalue weighted by molar-refractivity contribution is 4.90. The average Bonchev–Trinajstić information content (AvgIpc) is 2.24. The highest BCUT2D eigenvalue weighted by Gasteiger charge is 2.44. The second kappa shape index (κ2) is 5.29. The van der Waals surface area contributed by atoms with Crippen LogP contribution in [0.15, 0.2) is 12.5 Å². The summed E-state index contributed by atoms with van der Waals surface area (Å²) in [5.74, 6) is 0. The monoisotopic (exact) mass is 222 g/mol. The minimum absolute atomic E-state index is 0.495. The van der Waals surface area contributed by atoms with E-state index >= 15 is 0 Å². The number of hydrogen-bond acceptors (Lipinski definition) is 7. The van der Waals surface area contributed by atoms with Gasteiger partial charge in [-0.2, -0.15) is 0 Å². The van der Waals surface area contributed by atoms with Crippen molar-refractivity contribution in [1.82, 2.24) is 0 Å². The van der Waals surface area contributed by atoms with Crippen LogP contribution < -0.4 is 0 Å². The van der Waals surface area contributed by atoms with Gasteiger partial charge in [0.2, 0.25) is 0 Å². The lowest BCUT2D eigenvalue weighted by Gasteiger charge is -2.39. The van der Waals surface area contributed by atoms with Crippen molar-refractivity contribution in [3.8, 4) is 0 Å². The molecule has 0 saturated carbocycles. The van der Waals surface area contributed by atoms with E-state index in [0.29, 0.717) is 6.26 Å². The van der Waals surface area contributed by atoms with Crippen molar-refractivity contribution >= 4 is 0 Å². The minimum atomic E-state index is -1.57. The third kappa shape index (κ3) is 2.58. The van der Waals surface area contributed by atoms with Gasteiger partial charge in [-0.25, -0.2) is 0 Å². The summed E-state index contributed by atoms with van der Waals surface area (Å²) >= 11 is 0. The van der Waals surface area contributed by atoms with Gasteiger partial charge in [0, 0.05) is 0 Å². The van der Waals surface area contributed by atoms with Crippen LogP contribution in [-0.2, 0) is 9.47 Å². The van der Waals surface area contributed by atoms with Gasteiger partial charge in [-0.1, -0.05) is 0 Å². The summed E-state index contributed by atoms with van der Waals surface area (Å²) in [5.41, 5.74) is 0. The highest BCUT2D eigenvalue weighted by Crippen LogP contribution is 2.22. The van der Waals surface area contributed by atoms with Crippen molar-refractivity contribution in [3.05, 3.63) is 12.5 Å². The third-order valence-corrected chi connectivity index (χ3v) is 2.14. The molecule has 0 amide bonds. The molecule has 2 unspecified atom stereocenters. The topological polar surface area (TPSA) is 120 Å². The maximum absolute atomic E-state index is 9.49. The van der Waals surface area contributed by atoms with Crippen LogP contribution in [0, 0.1) is 0 Å². The van der Waals surface area contributed by atoms with Crippen LogP contribution in [0.5, 0.6) is 0 Å². The van der Waals surface area contributed by atoms with Crippen LogP contribution in [0.4, 0.5) is 0 Å². The van der Waals surface area contributed by atoms with Crippen LogP contribution in [-0.4, -0.2) is 62.8 Å². The van der Waals surface area contributed by atoms with E-state index in [2.05, 4.69) is 0 Å². The summed E-state index contributed by atoms with van der Waals surface area (Å²) in [5, 5.41) is 45.1. The Bertz CT molecular complexity index is 217. The van der Waals surface area contributed by atoms with Gasteiger partial charge >= 0.3 is 0 Å². The molecule has 1 saturated heterocycles. The van der Waals surface area contributed by atoms with Crippen molar-refractivity contribution < 1.29 is 35.0 Å². The SMILES string of the molecule is O/C=C\O[C@@H]1C(CO)O[C@H](O)[C@@H](O)C1O. The Balaban J connectivity index is 2.70. The Morgan fingerprint density at radius 1 is 1.20 bits per heavy atom. The zero-order valence-corrected chi connectivity index (χ0v) is 7.80. The fourth-order valence-electron chi connectivity index (χ4n) is 1.36. The van der Waals surface area contributed by atoms with Crippen LogP contribution in [0.3, 0.4) is 0 Å². The fourth-order valence-corrected chi connectivity index (χ4v) is 1.36. The molecule has 1 aliphatic heterocycles. The summed E-state index contributed by atoms with van der Waals surface area (Å²) in [6.07, 6.45) is -5.07. The molecule has 0 spiro atoms. The zero-order chi connectivity index (χ0) is 11.4. The first-order valence-corrected chi connectivity index (χ1v) is 4.37. The van der Waals surface area contributed by atoms with E-state index in [4.69, 9.17) is 24.8 Å². The Kier molecular flexibility index (Phi) is 4.30. The number of rotatable bonds is 3. The number of aliphatic hydroxyl groups excluding tert-OH is 5. The van der Waals surface area contributed by atoms with E-state index in [1.807, 2.05) is 0 Å². The molecule has 0 bridgehead atoms. The summed E-state index contributed by atoms with van der Waals surface area (Å²) in [6.45, 7) is -0.495. The predicted octanol–water partition coefficient (Wildman–Crippen LogP) is -2.17. The van der Waals surface area contributed by atoms with Crippen molar-refractivity contribution in [1.29, 1.82) is 0 Å². The predicted molar refractivity (Wildman–Crippen MR) is 46.6 cm³/mol. The Morgan fingerprint density at radius 3 is 2.40 bits per heavy atom. The molecular weight excluding hydrogens is 208 g/mol. The molecule has 1 fully saturated rings. The Labute approximate surface area is 85.8 Å². The zero-order valence-electron chi connectivity index (χ0n) is 7.80. The number of hydrogen-bond donors (Lipinski definition) is 5. The smallest absolute Gasteiger partial charge is 0.184 e. The van der Waals surface area contributed by atoms with Crippen LogP contribution in [0.1, 0.15) is 0 Å². The molecule has 15 heavy (non-hydrogen) atoms. The van der Waals surface area contributed by atoms with Gasteiger partial charge < -0.3 is 35.0 Å². The molecule has 88 valence electrons. The van der Waals surface area contributed by atoms with E-state index in [1.54, 1.807) is 0 Å². The number of ether oxygens (including phenoxy) is 2. The maximum Gasteiger partial charge on any atom is 0.184 e. The lowest BCUT2D eigenvalue weighted by Crippen LogP contribution is -2.59. The average molecular weight is 222 g/mol. The van der Waals surface area contributed by atoms with E-state index in [0.717, 1.165) is 6.26 Å². The summed E-state index contributed by atoms with van der Waals surface area (Å²) in [4.78, 5) is 0. The molecular formula is C8H14O7. The first kappa shape index (κ1) is 12.2. The molecule has 5 N–H and O–H groups in total. The molecule has 0 aromatic heterocycles.